The first-order valence-corrected chi connectivity index (χ1v) is 6.05. The van der Waals surface area contributed by atoms with E-state index < -0.39 is 0 Å². The van der Waals surface area contributed by atoms with Gasteiger partial charge in [-0.25, -0.2) is 0 Å². The van der Waals surface area contributed by atoms with Gasteiger partial charge < -0.3 is 9.72 Å². The van der Waals surface area contributed by atoms with E-state index in [1.54, 1.807) is 13.3 Å². The quantitative estimate of drug-likeness (QED) is 0.662. The standard InChI is InChI=1S/C11H10N2O2S2/c1-15-8-4-2-3-7(5-8)12-6-9-10(16)13-11(14)17-9/h2-6,16H,1H3,(H,13,14). The van der Waals surface area contributed by atoms with Gasteiger partial charge in [-0.2, -0.15) is 0 Å². The molecule has 1 aromatic heterocycles. The lowest BCUT2D eigenvalue weighted by molar-refractivity contribution is 0.415. The third-order valence-corrected chi connectivity index (χ3v) is 3.36. The molecule has 0 saturated heterocycles. The summed E-state index contributed by atoms with van der Waals surface area (Å²) in [6.45, 7) is 0. The van der Waals surface area contributed by atoms with Crippen LogP contribution in [0.1, 0.15) is 4.88 Å². The number of aliphatic imine (C=N–C) groups is 1. The maximum Gasteiger partial charge on any atom is 0.305 e. The van der Waals surface area contributed by atoms with Crippen molar-refractivity contribution < 1.29 is 4.74 Å². The maximum atomic E-state index is 11.1. The normalized spacial score (nSPS) is 10.9. The minimum Gasteiger partial charge on any atom is -0.497 e. The molecule has 0 aliphatic heterocycles. The van der Waals surface area contributed by atoms with E-state index in [9.17, 15) is 4.79 Å². The zero-order valence-corrected chi connectivity index (χ0v) is 10.7. The zero-order chi connectivity index (χ0) is 12.3. The van der Waals surface area contributed by atoms with Gasteiger partial charge in [0.25, 0.3) is 0 Å². The Bertz CT molecular complexity index is 602. The van der Waals surface area contributed by atoms with Crippen molar-refractivity contribution in [3.05, 3.63) is 38.8 Å². The van der Waals surface area contributed by atoms with E-state index in [4.69, 9.17) is 4.74 Å². The fourth-order valence-electron chi connectivity index (χ4n) is 1.24. The number of ether oxygens (including phenoxy) is 1. The van der Waals surface area contributed by atoms with Crippen molar-refractivity contribution >= 4 is 35.9 Å². The molecule has 0 fully saturated rings. The molecule has 0 aliphatic rings. The smallest absolute Gasteiger partial charge is 0.305 e. The van der Waals surface area contributed by atoms with Crippen molar-refractivity contribution in [2.75, 3.05) is 7.11 Å². The van der Waals surface area contributed by atoms with Gasteiger partial charge in [0.15, 0.2) is 0 Å². The van der Waals surface area contributed by atoms with Crippen molar-refractivity contribution in [2.24, 2.45) is 4.99 Å². The molecule has 1 aromatic carbocycles. The van der Waals surface area contributed by atoms with Crippen LogP contribution in [0.2, 0.25) is 0 Å². The summed E-state index contributed by atoms with van der Waals surface area (Å²) >= 11 is 5.22. The van der Waals surface area contributed by atoms with Crippen molar-refractivity contribution in [3.8, 4) is 5.75 Å². The summed E-state index contributed by atoms with van der Waals surface area (Å²) in [5, 5.41) is 0.534. The van der Waals surface area contributed by atoms with Crippen molar-refractivity contribution in [1.82, 2.24) is 4.98 Å². The van der Waals surface area contributed by atoms with Crippen LogP contribution < -0.4 is 9.61 Å². The molecule has 1 N–H and O–H groups in total. The number of nitrogens with one attached hydrogen (secondary N) is 1. The van der Waals surface area contributed by atoms with Crippen LogP contribution >= 0.6 is 24.0 Å². The van der Waals surface area contributed by atoms with Crippen LogP contribution in [0, 0.1) is 0 Å². The van der Waals surface area contributed by atoms with E-state index in [2.05, 4.69) is 22.6 Å². The molecule has 0 saturated carbocycles. The van der Waals surface area contributed by atoms with Crippen LogP contribution in [0.3, 0.4) is 0 Å². The SMILES string of the molecule is COc1cccc(N=Cc2sc(=O)[nH]c2S)c1. The van der Waals surface area contributed by atoms with Crippen molar-refractivity contribution in [3.63, 3.8) is 0 Å². The van der Waals surface area contributed by atoms with Gasteiger partial charge in [-0.15, -0.1) is 12.6 Å². The van der Waals surface area contributed by atoms with E-state index in [0.29, 0.717) is 9.90 Å². The number of hydrogen-bond donors (Lipinski definition) is 2. The summed E-state index contributed by atoms with van der Waals surface area (Å²) < 4.78 is 5.09. The number of aromatic nitrogens is 1. The van der Waals surface area contributed by atoms with Gasteiger partial charge in [-0.05, 0) is 12.1 Å². The van der Waals surface area contributed by atoms with Crippen LogP contribution in [0.25, 0.3) is 0 Å². The molecule has 0 atom stereocenters. The lowest BCUT2D eigenvalue weighted by atomic mass is 10.3. The Balaban J connectivity index is 2.25. The second-order valence-electron chi connectivity index (χ2n) is 3.19. The Morgan fingerprint density at radius 3 is 3.00 bits per heavy atom. The highest BCUT2D eigenvalue weighted by molar-refractivity contribution is 7.80. The number of benzene rings is 1. The molecule has 4 nitrogen and oxygen atoms in total. The van der Waals surface area contributed by atoms with Crippen LogP contribution in [0.5, 0.6) is 5.75 Å². The summed E-state index contributed by atoms with van der Waals surface area (Å²) in [5.74, 6) is 0.744. The maximum absolute atomic E-state index is 11.1. The molecule has 0 unspecified atom stereocenters. The first-order chi connectivity index (χ1) is 8.19. The predicted octanol–water partition coefficient (Wildman–Crippen LogP) is 2.48. The Morgan fingerprint density at radius 1 is 1.53 bits per heavy atom. The molecule has 0 aliphatic carbocycles. The highest BCUT2D eigenvalue weighted by atomic mass is 32.1. The predicted molar refractivity (Wildman–Crippen MR) is 72.4 cm³/mol. The number of nitrogens with zero attached hydrogens (tertiary/aromatic N) is 1. The fourth-order valence-corrected chi connectivity index (χ4v) is 2.22. The second-order valence-corrected chi connectivity index (χ2v) is 4.65. The number of H-pyrrole nitrogens is 1. The topological polar surface area (TPSA) is 54.4 Å². The Hall–Kier alpha value is -1.53. The van der Waals surface area contributed by atoms with E-state index in [1.807, 2.05) is 24.3 Å². The number of thiol groups is 1. The van der Waals surface area contributed by atoms with Gasteiger partial charge in [0.05, 0.1) is 22.7 Å². The van der Waals surface area contributed by atoms with Gasteiger partial charge >= 0.3 is 4.87 Å². The third kappa shape index (κ3) is 2.98. The van der Waals surface area contributed by atoms with Crippen LogP contribution in [-0.2, 0) is 0 Å². The summed E-state index contributed by atoms with van der Waals surface area (Å²) in [4.78, 5) is 18.5. The molecule has 6 heteroatoms. The molecular formula is C11H10N2O2S2. The fraction of sp³-hybridized carbons (Fsp3) is 0.0909. The average molecular weight is 266 g/mol. The van der Waals surface area contributed by atoms with Gasteiger partial charge in [0.1, 0.15) is 5.75 Å². The highest BCUT2D eigenvalue weighted by Crippen LogP contribution is 2.20. The highest BCUT2D eigenvalue weighted by Gasteiger charge is 2.01. The number of methoxy groups -OCH3 is 1. The molecule has 0 bridgehead atoms. The minimum absolute atomic E-state index is 0.137. The molecule has 0 spiro atoms. The lowest BCUT2D eigenvalue weighted by Crippen LogP contribution is -1.89. The summed E-state index contributed by atoms with van der Waals surface area (Å²) in [7, 11) is 1.60. The molecule has 2 rings (SSSR count). The first kappa shape index (κ1) is 11.9. The molecule has 1 heterocycles. The number of rotatable bonds is 3. The van der Waals surface area contributed by atoms with E-state index >= 15 is 0 Å². The number of thiazole rings is 1. The molecule has 0 radical (unpaired) electrons. The van der Waals surface area contributed by atoms with E-state index in [-0.39, 0.29) is 4.87 Å². The van der Waals surface area contributed by atoms with Gasteiger partial charge in [-0.3, -0.25) is 9.79 Å². The first-order valence-electron chi connectivity index (χ1n) is 4.79. The summed E-state index contributed by atoms with van der Waals surface area (Å²) in [5.41, 5.74) is 0.762. The minimum atomic E-state index is -0.137. The molecular weight excluding hydrogens is 256 g/mol. The molecule has 17 heavy (non-hydrogen) atoms. The molecule has 0 amide bonds. The van der Waals surface area contributed by atoms with Crippen LogP contribution in [0.4, 0.5) is 5.69 Å². The van der Waals surface area contributed by atoms with Crippen molar-refractivity contribution in [2.45, 2.75) is 5.03 Å². The van der Waals surface area contributed by atoms with Gasteiger partial charge in [0.2, 0.25) is 0 Å². The van der Waals surface area contributed by atoms with Gasteiger partial charge in [-0.1, -0.05) is 17.4 Å². The monoisotopic (exact) mass is 266 g/mol. The Morgan fingerprint density at radius 2 is 2.35 bits per heavy atom. The van der Waals surface area contributed by atoms with Crippen molar-refractivity contribution in [1.29, 1.82) is 0 Å². The number of hydrogen-bond acceptors (Lipinski definition) is 5. The number of aromatic amines is 1. The van der Waals surface area contributed by atoms with Crippen LogP contribution in [-0.4, -0.2) is 18.3 Å². The summed E-state index contributed by atoms with van der Waals surface area (Å²) in [6.07, 6.45) is 1.61. The van der Waals surface area contributed by atoms with Crippen LogP contribution in [0.15, 0.2) is 39.1 Å². The summed E-state index contributed by atoms with van der Waals surface area (Å²) in [6, 6.07) is 7.36. The second kappa shape index (κ2) is 5.20. The third-order valence-electron chi connectivity index (χ3n) is 2.04. The zero-order valence-electron chi connectivity index (χ0n) is 9.01. The Labute approximate surface area is 107 Å². The van der Waals surface area contributed by atoms with E-state index in [0.717, 1.165) is 22.8 Å². The largest absolute Gasteiger partial charge is 0.497 e. The van der Waals surface area contributed by atoms with Gasteiger partial charge in [0, 0.05) is 12.3 Å². The molecule has 88 valence electrons. The van der Waals surface area contributed by atoms with E-state index in [1.165, 1.54) is 0 Å². The average Bonchev–Trinajstić information content (AvgIpc) is 2.65. The Kier molecular flexibility index (Phi) is 3.65. The molecule has 2 aromatic rings. The lowest BCUT2D eigenvalue weighted by Gasteiger charge is -1.99.